The highest BCUT2D eigenvalue weighted by molar-refractivity contribution is 5.80. The smallest absolute Gasteiger partial charge is 0.226 e. The van der Waals surface area contributed by atoms with Crippen molar-refractivity contribution in [2.75, 3.05) is 19.7 Å². The number of pyridine rings is 1. The lowest BCUT2D eigenvalue weighted by Gasteiger charge is -2.40. The predicted molar refractivity (Wildman–Crippen MR) is 87.3 cm³/mol. The Morgan fingerprint density at radius 2 is 1.96 bits per heavy atom. The van der Waals surface area contributed by atoms with Gasteiger partial charge in [-0.3, -0.25) is 9.78 Å². The number of hydrogen-bond donors (Lipinski definition) is 0. The molecule has 4 heteroatoms. The topological polar surface area (TPSA) is 42.4 Å². The Hall–Kier alpha value is -2.36. The number of ether oxygens (including phenoxy) is 1. The van der Waals surface area contributed by atoms with E-state index < -0.39 is 0 Å². The molecule has 1 atom stereocenters. The fourth-order valence-corrected chi connectivity index (χ4v) is 3.42. The third kappa shape index (κ3) is 2.81. The molecule has 1 aromatic heterocycles. The lowest BCUT2D eigenvalue weighted by atomic mass is 9.90. The van der Waals surface area contributed by atoms with Crippen LogP contribution in [0.15, 0.2) is 48.7 Å². The average molecular weight is 308 g/mol. The van der Waals surface area contributed by atoms with Crippen molar-refractivity contribution in [2.24, 2.45) is 5.92 Å². The van der Waals surface area contributed by atoms with Gasteiger partial charge < -0.3 is 9.64 Å². The summed E-state index contributed by atoms with van der Waals surface area (Å²) in [6.07, 6.45) is 3.39. The van der Waals surface area contributed by atoms with Crippen molar-refractivity contribution in [2.45, 2.75) is 18.8 Å². The summed E-state index contributed by atoms with van der Waals surface area (Å²) in [5.74, 6) is 1.60. The lowest BCUT2D eigenvalue weighted by molar-refractivity contribution is -0.140. The monoisotopic (exact) mass is 308 g/mol. The van der Waals surface area contributed by atoms with Gasteiger partial charge >= 0.3 is 0 Å². The first kappa shape index (κ1) is 14.2. The number of carbonyl (C=O) groups is 1. The average Bonchev–Trinajstić information content (AvgIpc) is 2.76. The van der Waals surface area contributed by atoms with Crippen LogP contribution < -0.4 is 4.74 Å². The maximum atomic E-state index is 12.8. The summed E-state index contributed by atoms with van der Waals surface area (Å²) >= 11 is 0. The van der Waals surface area contributed by atoms with Crippen molar-refractivity contribution >= 4 is 5.91 Å². The van der Waals surface area contributed by atoms with Gasteiger partial charge in [-0.15, -0.1) is 0 Å². The molecule has 1 fully saturated rings. The van der Waals surface area contributed by atoms with E-state index in [1.807, 2.05) is 47.5 Å². The molecule has 2 aromatic rings. The number of aromatic nitrogens is 1. The zero-order chi connectivity index (χ0) is 15.6. The van der Waals surface area contributed by atoms with Crippen LogP contribution in [-0.2, 0) is 11.2 Å². The van der Waals surface area contributed by atoms with E-state index in [1.54, 1.807) is 0 Å². The number of fused-ring (bicyclic) bond motifs is 1. The number of amides is 1. The van der Waals surface area contributed by atoms with Gasteiger partial charge in [-0.25, -0.2) is 0 Å². The van der Waals surface area contributed by atoms with Crippen molar-refractivity contribution in [1.82, 2.24) is 9.88 Å². The SMILES string of the molecule is O=C([C@@H]1CCOc2ccccc2C1)N1CC(c2ccccn2)C1. The fraction of sp³-hybridized carbons (Fsp3) is 0.368. The second kappa shape index (κ2) is 6.03. The van der Waals surface area contributed by atoms with Crippen LogP contribution in [0.25, 0.3) is 0 Å². The molecule has 1 aromatic carbocycles. The minimum atomic E-state index is 0.0309. The molecule has 0 radical (unpaired) electrons. The molecule has 4 rings (SSSR count). The third-order valence-corrected chi connectivity index (χ3v) is 4.81. The summed E-state index contributed by atoms with van der Waals surface area (Å²) in [7, 11) is 0. The van der Waals surface area contributed by atoms with Gasteiger partial charge in [-0.05, 0) is 36.6 Å². The number of para-hydroxylation sites is 1. The first-order chi connectivity index (χ1) is 11.3. The summed E-state index contributed by atoms with van der Waals surface area (Å²) < 4.78 is 5.77. The lowest BCUT2D eigenvalue weighted by Crippen LogP contribution is -2.51. The maximum absolute atomic E-state index is 12.8. The second-order valence-corrected chi connectivity index (χ2v) is 6.34. The van der Waals surface area contributed by atoms with Crippen LogP contribution in [-0.4, -0.2) is 35.5 Å². The molecular weight excluding hydrogens is 288 g/mol. The summed E-state index contributed by atoms with van der Waals surface area (Å²) in [5, 5.41) is 0. The molecule has 2 aliphatic heterocycles. The Labute approximate surface area is 136 Å². The molecule has 1 amide bonds. The minimum Gasteiger partial charge on any atom is -0.493 e. The van der Waals surface area contributed by atoms with E-state index in [0.29, 0.717) is 12.5 Å². The van der Waals surface area contributed by atoms with Crippen molar-refractivity contribution in [3.63, 3.8) is 0 Å². The van der Waals surface area contributed by atoms with Gasteiger partial charge in [-0.2, -0.15) is 0 Å². The molecule has 0 bridgehead atoms. The van der Waals surface area contributed by atoms with Crippen molar-refractivity contribution < 1.29 is 9.53 Å². The van der Waals surface area contributed by atoms with Gasteiger partial charge in [0.05, 0.1) is 6.61 Å². The van der Waals surface area contributed by atoms with Gasteiger partial charge in [0.1, 0.15) is 5.75 Å². The van der Waals surface area contributed by atoms with E-state index in [4.69, 9.17) is 4.74 Å². The normalized spacial score (nSPS) is 20.9. The predicted octanol–water partition coefficient (Wildman–Crippen LogP) is 2.65. The summed E-state index contributed by atoms with van der Waals surface area (Å²) in [6.45, 7) is 2.19. The molecule has 4 nitrogen and oxygen atoms in total. The maximum Gasteiger partial charge on any atom is 0.226 e. The van der Waals surface area contributed by atoms with Gasteiger partial charge in [0, 0.05) is 36.8 Å². The highest BCUT2D eigenvalue weighted by Crippen LogP contribution is 2.31. The van der Waals surface area contributed by atoms with Gasteiger partial charge in [0.25, 0.3) is 0 Å². The summed E-state index contributed by atoms with van der Waals surface area (Å²) in [6, 6.07) is 14.0. The van der Waals surface area contributed by atoms with E-state index in [1.165, 1.54) is 0 Å². The van der Waals surface area contributed by atoms with Crippen LogP contribution in [0.3, 0.4) is 0 Å². The minimum absolute atomic E-state index is 0.0309. The zero-order valence-corrected chi connectivity index (χ0v) is 13.0. The van der Waals surface area contributed by atoms with E-state index in [2.05, 4.69) is 11.1 Å². The molecule has 0 aliphatic carbocycles. The van der Waals surface area contributed by atoms with Gasteiger partial charge in [0.15, 0.2) is 0 Å². The molecular formula is C19H20N2O2. The third-order valence-electron chi connectivity index (χ3n) is 4.81. The Morgan fingerprint density at radius 3 is 2.78 bits per heavy atom. The molecule has 0 spiro atoms. The van der Waals surface area contributed by atoms with E-state index in [0.717, 1.165) is 42.9 Å². The van der Waals surface area contributed by atoms with Crippen molar-refractivity contribution in [3.8, 4) is 5.75 Å². The molecule has 2 aliphatic rings. The van der Waals surface area contributed by atoms with Gasteiger partial charge in [0.2, 0.25) is 5.91 Å². The van der Waals surface area contributed by atoms with Crippen LogP contribution >= 0.6 is 0 Å². The molecule has 0 unspecified atom stereocenters. The van der Waals surface area contributed by atoms with E-state index in [-0.39, 0.29) is 11.8 Å². The Morgan fingerprint density at radius 1 is 1.13 bits per heavy atom. The fourth-order valence-electron chi connectivity index (χ4n) is 3.42. The van der Waals surface area contributed by atoms with Crippen LogP contribution in [0.1, 0.15) is 23.6 Å². The Kier molecular flexibility index (Phi) is 3.74. The highest BCUT2D eigenvalue weighted by Gasteiger charge is 2.36. The zero-order valence-electron chi connectivity index (χ0n) is 13.0. The number of likely N-dealkylation sites (tertiary alicyclic amines) is 1. The molecule has 23 heavy (non-hydrogen) atoms. The molecule has 3 heterocycles. The Balaban J connectivity index is 1.41. The standard InChI is InChI=1S/C19H20N2O2/c22-19(21-12-16(13-21)17-6-3-4-9-20-17)15-8-10-23-18-7-2-1-5-14(18)11-15/h1-7,9,15-16H,8,10-13H2/t15-/m1/s1. The number of carbonyl (C=O) groups excluding carboxylic acids is 1. The van der Waals surface area contributed by atoms with E-state index >= 15 is 0 Å². The summed E-state index contributed by atoms with van der Waals surface area (Å²) in [5.41, 5.74) is 2.23. The van der Waals surface area contributed by atoms with Crippen LogP contribution in [0.5, 0.6) is 5.75 Å². The van der Waals surface area contributed by atoms with E-state index in [9.17, 15) is 4.79 Å². The quantitative estimate of drug-likeness (QED) is 0.856. The summed E-state index contributed by atoms with van der Waals surface area (Å²) in [4.78, 5) is 19.1. The number of hydrogen-bond acceptors (Lipinski definition) is 3. The number of benzene rings is 1. The van der Waals surface area contributed by atoms with Gasteiger partial charge in [-0.1, -0.05) is 24.3 Å². The molecule has 118 valence electrons. The van der Waals surface area contributed by atoms with Crippen molar-refractivity contribution in [3.05, 3.63) is 59.9 Å². The number of nitrogens with zero attached hydrogens (tertiary/aromatic N) is 2. The molecule has 1 saturated heterocycles. The Bertz CT molecular complexity index is 696. The first-order valence-corrected chi connectivity index (χ1v) is 8.21. The molecule has 0 N–H and O–H groups in total. The first-order valence-electron chi connectivity index (χ1n) is 8.21. The van der Waals surface area contributed by atoms with Crippen LogP contribution in [0.2, 0.25) is 0 Å². The molecule has 0 saturated carbocycles. The van der Waals surface area contributed by atoms with Crippen molar-refractivity contribution in [1.29, 1.82) is 0 Å². The largest absolute Gasteiger partial charge is 0.493 e. The van der Waals surface area contributed by atoms with Crippen LogP contribution in [0.4, 0.5) is 0 Å². The van der Waals surface area contributed by atoms with Crippen LogP contribution in [0, 0.1) is 5.92 Å². The highest BCUT2D eigenvalue weighted by atomic mass is 16.5. The second-order valence-electron chi connectivity index (χ2n) is 6.34. The number of rotatable bonds is 2.